The molecule has 6 atom stereocenters. The summed E-state index contributed by atoms with van der Waals surface area (Å²) in [6.45, 7) is 5.86. The highest BCUT2D eigenvalue weighted by molar-refractivity contribution is 5.44. The van der Waals surface area contributed by atoms with Crippen molar-refractivity contribution in [1.82, 2.24) is 0 Å². The Morgan fingerprint density at radius 1 is 0.744 bits per heavy atom. The van der Waals surface area contributed by atoms with Crippen molar-refractivity contribution >= 4 is 0 Å². The Balaban J connectivity index is 1.05. The first-order valence-corrected chi connectivity index (χ1v) is 17.2. The average molecular weight is 605 g/mol. The van der Waals surface area contributed by atoms with Crippen molar-refractivity contribution in [3.63, 3.8) is 0 Å². The van der Waals surface area contributed by atoms with Crippen LogP contribution in [0.4, 0.5) is 17.6 Å². The highest BCUT2D eigenvalue weighted by Crippen LogP contribution is 2.48. The molecule has 5 rings (SSSR count). The number of rotatable bonds is 11. The van der Waals surface area contributed by atoms with Crippen molar-refractivity contribution < 1.29 is 27.0 Å². The molecular weight excluding hydrogens is 552 g/mol. The molecular formula is C37H52F4O2. The quantitative estimate of drug-likeness (QED) is 0.234. The maximum absolute atomic E-state index is 15.4. The van der Waals surface area contributed by atoms with Crippen molar-refractivity contribution in [2.45, 2.75) is 122 Å². The Morgan fingerprint density at radius 3 is 2.00 bits per heavy atom. The third kappa shape index (κ3) is 7.30. The molecule has 0 heterocycles. The monoisotopic (exact) mass is 604 g/mol. The van der Waals surface area contributed by atoms with Gasteiger partial charge in [-0.2, -0.15) is 4.39 Å². The van der Waals surface area contributed by atoms with E-state index in [0.717, 1.165) is 42.4 Å². The molecule has 0 N–H and O–H groups in total. The van der Waals surface area contributed by atoms with Crippen molar-refractivity contribution in [2.75, 3.05) is 13.2 Å². The van der Waals surface area contributed by atoms with Crippen LogP contribution in [0.15, 0.2) is 35.9 Å². The number of hydrogen-bond donors (Lipinski definition) is 0. The molecule has 6 unspecified atom stereocenters. The third-order valence-corrected chi connectivity index (χ3v) is 11.4. The molecule has 43 heavy (non-hydrogen) atoms. The second kappa shape index (κ2) is 14.4. The van der Waals surface area contributed by atoms with Crippen LogP contribution in [0, 0.1) is 47.1 Å². The molecule has 1 aromatic carbocycles. The van der Waals surface area contributed by atoms with Gasteiger partial charge in [0.15, 0.2) is 29.3 Å². The van der Waals surface area contributed by atoms with Gasteiger partial charge in [-0.25, -0.2) is 13.2 Å². The Kier molecular flexibility index (Phi) is 10.9. The first-order chi connectivity index (χ1) is 20.7. The van der Waals surface area contributed by atoms with Crippen molar-refractivity contribution in [2.24, 2.45) is 35.5 Å². The summed E-state index contributed by atoms with van der Waals surface area (Å²) >= 11 is 0. The Labute approximate surface area is 256 Å². The van der Waals surface area contributed by atoms with E-state index in [1.54, 1.807) is 6.92 Å². The smallest absolute Gasteiger partial charge is 0.200 e. The maximum atomic E-state index is 15.4. The molecule has 0 spiro atoms. The van der Waals surface area contributed by atoms with Gasteiger partial charge < -0.3 is 9.47 Å². The molecule has 0 aliphatic heterocycles. The lowest BCUT2D eigenvalue weighted by molar-refractivity contribution is 0.0856. The van der Waals surface area contributed by atoms with Crippen LogP contribution in [0.3, 0.4) is 0 Å². The third-order valence-electron chi connectivity index (χ3n) is 11.4. The van der Waals surface area contributed by atoms with Gasteiger partial charge in [-0.05, 0) is 100 Å². The summed E-state index contributed by atoms with van der Waals surface area (Å²) in [6.07, 6.45) is 19.2. The van der Waals surface area contributed by atoms with Gasteiger partial charge in [0.05, 0.1) is 18.6 Å². The average Bonchev–Trinajstić information content (AvgIpc) is 3.01. The van der Waals surface area contributed by atoms with Crippen molar-refractivity contribution in [1.29, 1.82) is 0 Å². The summed E-state index contributed by atoms with van der Waals surface area (Å²) in [7, 11) is 0. The lowest BCUT2D eigenvalue weighted by atomic mass is 9.63. The van der Waals surface area contributed by atoms with E-state index in [0.29, 0.717) is 12.5 Å². The summed E-state index contributed by atoms with van der Waals surface area (Å²) in [5, 5.41) is 0. The molecule has 1 aromatic rings. The lowest BCUT2D eigenvalue weighted by Crippen LogP contribution is -2.36. The molecule has 240 valence electrons. The number of fused-ring (bicyclic) bond motifs is 1. The van der Waals surface area contributed by atoms with Crippen LogP contribution < -0.4 is 4.74 Å². The molecule has 6 heteroatoms. The van der Waals surface area contributed by atoms with E-state index >= 15 is 8.78 Å². The topological polar surface area (TPSA) is 18.5 Å². The van der Waals surface area contributed by atoms with Gasteiger partial charge in [0, 0.05) is 5.56 Å². The van der Waals surface area contributed by atoms with E-state index in [9.17, 15) is 8.78 Å². The number of hydrogen-bond acceptors (Lipinski definition) is 2. The molecule has 3 fully saturated rings. The van der Waals surface area contributed by atoms with E-state index in [4.69, 9.17) is 9.47 Å². The van der Waals surface area contributed by atoms with E-state index in [-0.39, 0.29) is 23.7 Å². The molecule has 4 aliphatic carbocycles. The Bertz CT molecular complexity index is 1140. The zero-order valence-corrected chi connectivity index (χ0v) is 26.5. The summed E-state index contributed by atoms with van der Waals surface area (Å²) in [6, 6.07) is 2.53. The number of benzene rings is 1. The summed E-state index contributed by atoms with van der Waals surface area (Å²) in [5.74, 6) is 1.08. The molecule has 4 aliphatic rings. The largest absolute Gasteiger partial charge is 0.491 e. The van der Waals surface area contributed by atoms with Gasteiger partial charge >= 0.3 is 0 Å². The number of halogens is 4. The van der Waals surface area contributed by atoms with E-state index in [2.05, 4.69) is 6.92 Å². The highest BCUT2D eigenvalue weighted by atomic mass is 19.2. The SMILES string of the molecule is CCCC1CCC2CC(CCC3CCC(COC4=C(F)C(F)C(C)(c5ccc(OCC)c(F)c5F)C=C4)CC3)CCC2C1. The van der Waals surface area contributed by atoms with Crippen LogP contribution in [-0.2, 0) is 10.2 Å². The van der Waals surface area contributed by atoms with Crippen LogP contribution in [0.1, 0.15) is 116 Å². The number of ether oxygens (including phenoxy) is 2. The second-order valence-electron chi connectivity index (χ2n) is 14.3. The Morgan fingerprint density at radius 2 is 1.35 bits per heavy atom. The van der Waals surface area contributed by atoms with Crippen molar-refractivity contribution in [3.8, 4) is 5.75 Å². The minimum Gasteiger partial charge on any atom is -0.491 e. The lowest BCUT2D eigenvalue weighted by Gasteiger charge is -2.42. The highest BCUT2D eigenvalue weighted by Gasteiger charge is 2.44. The van der Waals surface area contributed by atoms with E-state index < -0.39 is 29.0 Å². The van der Waals surface area contributed by atoms with Gasteiger partial charge in [-0.1, -0.05) is 70.4 Å². The molecule has 2 nitrogen and oxygen atoms in total. The second-order valence-corrected chi connectivity index (χ2v) is 14.3. The summed E-state index contributed by atoms with van der Waals surface area (Å²) in [5.41, 5.74) is -1.95. The predicted octanol–water partition coefficient (Wildman–Crippen LogP) is 10.9. The zero-order valence-electron chi connectivity index (χ0n) is 26.5. The van der Waals surface area contributed by atoms with E-state index in [1.807, 2.05) is 0 Å². The van der Waals surface area contributed by atoms with Gasteiger partial charge in [0.25, 0.3) is 0 Å². The van der Waals surface area contributed by atoms with Crippen LogP contribution in [0.5, 0.6) is 5.75 Å². The van der Waals surface area contributed by atoms with Crippen molar-refractivity contribution in [3.05, 3.63) is 53.1 Å². The standard InChI is InChI=1S/C37H52F4O2/c1-4-6-25-13-15-29-22-26(14-16-28(29)21-25)10-7-24-8-11-27(12-9-24)23-43-32-19-20-37(3,36(41)35(32)40)30-17-18-31(42-5-2)34(39)33(30)38/h17-20,24-29,36H,4-16,21-23H2,1-3H3. The molecule has 0 amide bonds. The van der Waals surface area contributed by atoms with Gasteiger partial charge in [-0.3, -0.25) is 0 Å². The minimum atomic E-state index is -2.18. The molecule has 0 aromatic heterocycles. The fourth-order valence-electron chi connectivity index (χ4n) is 8.74. The van der Waals surface area contributed by atoms with Crippen LogP contribution in [-0.4, -0.2) is 19.4 Å². The maximum Gasteiger partial charge on any atom is 0.200 e. The van der Waals surface area contributed by atoms with Crippen LogP contribution >= 0.6 is 0 Å². The number of allylic oxidation sites excluding steroid dienone is 3. The van der Waals surface area contributed by atoms with Gasteiger partial charge in [0.1, 0.15) is 0 Å². The first kappa shape index (κ1) is 32.4. The molecule has 0 bridgehead atoms. The molecule has 0 saturated heterocycles. The summed E-state index contributed by atoms with van der Waals surface area (Å²) < 4.78 is 70.9. The minimum absolute atomic E-state index is 0.141. The first-order valence-electron chi connectivity index (χ1n) is 17.2. The normalized spacial score (nSPS) is 34.6. The van der Waals surface area contributed by atoms with Crippen LogP contribution in [0.2, 0.25) is 0 Å². The fraction of sp³-hybridized carbons (Fsp3) is 0.730. The van der Waals surface area contributed by atoms with Gasteiger partial charge in [0.2, 0.25) is 5.82 Å². The molecule has 0 radical (unpaired) electrons. The number of alkyl halides is 1. The zero-order chi connectivity index (χ0) is 30.6. The van der Waals surface area contributed by atoms with E-state index in [1.165, 1.54) is 108 Å². The molecule has 3 saturated carbocycles. The van der Waals surface area contributed by atoms with Crippen LogP contribution in [0.25, 0.3) is 0 Å². The van der Waals surface area contributed by atoms with Gasteiger partial charge in [-0.15, -0.1) is 0 Å². The summed E-state index contributed by atoms with van der Waals surface area (Å²) in [4.78, 5) is 0. The predicted molar refractivity (Wildman–Crippen MR) is 164 cm³/mol. The Hall–Kier alpha value is -1.98. The fourth-order valence-corrected chi connectivity index (χ4v) is 8.74.